The smallest absolute Gasteiger partial charge is 0.129 e. The monoisotopic (exact) mass is 192 g/mol. The lowest BCUT2D eigenvalue weighted by atomic mass is 10.2. The molecule has 1 heterocycles. The van der Waals surface area contributed by atoms with Crippen molar-refractivity contribution in [1.29, 1.82) is 0 Å². The predicted octanol–water partition coefficient (Wildman–Crippen LogP) is 0.934. The van der Waals surface area contributed by atoms with Gasteiger partial charge in [0, 0.05) is 18.8 Å². The number of anilines is 1. The Balaban J connectivity index is 1.84. The zero-order chi connectivity index (χ0) is 9.97. The maximum Gasteiger partial charge on any atom is 0.129 e. The van der Waals surface area contributed by atoms with Crippen LogP contribution < -0.4 is 11.1 Å². The number of nitrogens with zero attached hydrogens (tertiary/aromatic N) is 2. The Hall–Kier alpha value is -1.16. The second-order valence-corrected chi connectivity index (χ2v) is 3.87. The Morgan fingerprint density at radius 3 is 3.07 bits per heavy atom. The summed E-state index contributed by atoms with van der Waals surface area (Å²) in [5, 5.41) is 3.23. The fourth-order valence-corrected chi connectivity index (χ4v) is 1.47. The molecule has 1 aliphatic rings. The van der Waals surface area contributed by atoms with Gasteiger partial charge in [0.1, 0.15) is 11.6 Å². The van der Waals surface area contributed by atoms with Crippen LogP contribution in [-0.4, -0.2) is 22.6 Å². The van der Waals surface area contributed by atoms with Crippen LogP contribution in [0.5, 0.6) is 0 Å². The van der Waals surface area contributed by atoms with Crippen LogP contribution >= 0.6 is 0 Å². The van der Waals surface area contributed by atoms with Crippen molar-refractivity contribution in [2.24, 2.45) is 11.7 Å². The molecule has 0 amide bonds. The van der Waals surface area contributed by atoms with E-state index in [1.54, 1.807) is 6.20 Å². The average molecular weight is 192 g/mol. The first kappa shape index (κ1) is 9.40. The molecule has 0 aromatic carbocycles. The number of nitrogens with one attached hydrogen (secondary N) is 1. The zero-order valence-corrected chi connectivity index (χ0v) is 8.40. The second kappa shape index (κ2) is 3.92. The minimum Gasteiger partial charge on any atom is -0.368 e. The molecular weight excluding hydrogens is 176 g/mol. The quantitative estimate of drug-likeness (QED) is 0.745. The summed E-state index contributed by atoms with van der Waals surface area (Å²) >= 11 is 0. The van der Waals surface area contributed by atoms with Gasteiger partial charge in [-0.25, -0.2) is 9.97 Å². The van der Waals surface area contributed by atoms with Crippen molar-refractivity contribution in [1.82, 2.24) is 9.97 Å². The summed E-state index contributed by atoms with van der Waals surface area (Å²) in [6.07, 6.45) is 4.32. The van der Waals surface area contributed by atoms with Gasteiger partial charge in [-0.05, 0) is 31.7 Å². The molecule has 1 saturated carbocycles. The molecule has 4 nitrogen and oxygen atoms in total. The molecule has 0 radical (unpaired) electrons. The Bertz CT molecular complexity index is 309. The molecule has 1 aliphatic carbocycles. The van der Waals surface area contributed by atoms with Crippen LogP contribution in [0, 0.1) is 12.8 Å². The molecule has 2 rings (SSSR count). The number of rotatable bonds is 4. The first-order valence-electron chi connectivity index (χ1n) is 5.05. The van der Waals surface area contributed by atoms with Crippen molar-refractivity contribution in [3.8, 4) is 0 Å². The third-order valence-electron chi connectivity index (χ3n) is 2.52. The van der Waals surface area contributed by atoms with Gasteiger partial charge in [0.05, 0.1) is 0 Å². The van der Waals surface area contributed by atoms with E-state index in [1.807, 2.05) is 13.0 Å². The molecule has 3 N–H and O–H groups in total. The summed E-state index contributed by atoms with van der Waals surface area (Å²) in [6, 6.07) is 2.14. The molecule has 1 unspecified atom stereocenters. The molecule has 1 atom stereocenters. The third-order valence-corrected chi connectivity index (χ3v) is 2.52. The number of hydrogen-bond acceptors (Lipinski definition) is 4. The number of nitrogens with two attached hydrogens (primary N) is 1. The highest BCUT2D eigenvalue weighted by Crippen LogP contribution is 2.31. The lowest BCUT2D eigenvalue weighted by Crippen LogP contribution is -2.31. The van der Waals surface area contributed by atoms with Crippen molar-refractivity contribution >= 4 is 5.82 Å². The molecule has 0 bridgehead atoms. The number of aromatic nitrogens is 2. The molecule has 0 saturated heterocycles. The number of aryl methyl sites for hydroxylation is 1. The van der Waals surface area contributed by atoms with Gasteiger partial charge in [0.15, 0.2) is 0 Å². The van der Waals surface area contributed by atoms with Crippen molar-refractivity contribution in [3.63, 3.8) is 0 Å². The van der Waals surface area contributed by atoms with Crippen LogP contribution in [0.15, 0.2) is 12.3 Å². The molecular formula is C10H16N4. The van der Waals surface area contributed by atoms with E-state index in [4.69, 9.17) is 5.73 Å². The Morgan fingerprint density at radius 1 is 1.64 bits per heavy atom. The lowest BCUT2D eigenvalue weighted by molar-refractivity contribution is 0.619. The van der Waals surface area contributed by atoms with E-state index in [9.17, 15) is 0 Å². The van der Waals surface area contributed by atoms with E-state index in [0.717, 1.165) is 24.1 Å². The van der Waals surface area contributed by atoms with E-state index < -0.39 is 0 Å². The van der Waals surface area contributed by atoms with Gasteiger partial charge in [-0.3, -0.25) is 0 Å². The molecule has 4 heteroatoms. The van der Waals surface area contributed by atoms with E-state index in [0.29, 0.717) is 0 Å². The van der Waals surface area contributed by atoms with E-state index in [2.05, 4.69) is 15.3 Å². The van der Waals surface area contributed by atoms with Gasteiger partial charge in [-0.2, -0.15) is 0 Å². The van der Waals surface area contributed by atoms with E-state index in [-0.39, 0.29) is 6.04 Å². The largest absolute Gasteiger partial charge is 0.368 e. The molecule has 76 valence electrons. The summed E-state index contributed by atoms with van der Waals surface area (Å²) < 4.78 is 0. The minimum atomic E-state index is 0.269. The van der Waals surface area contributed by atoms with E-state index in [1.165, 1.54) is 12.8 Å². The standard InChI is InChI=1S/C10H16N4/c1-7-12-5-4-10(14-7)13-6-9(11)8-2-3-8/h4-5,8-9H,2-3,6,11H2,1H3,(H,12,13,14). The predicted molar refractivity (Wildman–Crippen MR) is 56.0 cm³/mol. The van der Waals surface area contributed by atoms with Crippen molar-refractivity contribution in [3.05, 3.63) is 18.1 Å². The first-order valence-corrected chi connectivity index (χ1v) is 5.05. The number of hydrogen-bond donors (Lipinski definition) is 2. The molecule has 1 fully saturated rings. The first-order chi connectivity index (χ1) is 6.75. The topological polar surface area (TPSA) is 63.8 Å². The summed E-state index contributed by atoms with van der Waals surface area (Å²) in [7, 11) is 0. The fourth-order valence-electron chi connectivity index (χ4n) is 1.47. The highest BCUT2D eigenvalue weighted by molar-refractivity contribution is 5.33. The van der Waals surface area contributed by atoms with Gasteiger partial charge < -0.3 is 11.1 Å². The van der Waals surface area contributed by atoms with Crippen molar-refractivity contribution < 1.29 is 0 Å². The molecule has 1 aromatic heterocycles. The van der Waals surface area contributed by atoms with Gasteiger partial charge in [-0.15, -0.1) is 0 Å². The summed E-state index contributed by atoms with van der Waals surface area (Å²) in [5.41, 5.74) is 5.96. The van der Waals surface area contributed by atoms with Crippen LogP contribution in [-0.2, 0) is 0 Å². The Labute approximate surface area is 83.9 Å². The highest BCUT2D eigenvalue weighted by Gasteiger charge is 2.27. The van der Waals surface area contributed by atoms with Crippen LogP contribution in [0.1, 0.15) is 18.7 Å². The summed E-state index contributed by atoms with van der Waals surface area (Å²) in [5.74, 6) is 2.38. The van der Waals surface area contributed by atoms with Crippen LogP contribution in [0.25, 0.3) is 0 Å². The average Bonchev–Trinajstić information content (AvgIpc) is 2.97. The molecule has 0 aliphatic heterocycles. The maximum atomic E-state index is 5.96. The maximum absolute atomic E-state index is 5.96. The van der Waals surface area contributed by atoms with Gasteiger partial charge in [0.25, 0.3) is 0 Å². The third kappa shape index (κ3) is 2.42. The molecule has 14 heavy (non-hydrogen) atoms. The lowest BCUT2D eigenvalue weighted by Gasteiger charge is -2.11. The normalized spacial score (nSPS) is 17.9. The fraction of sp³-hybridized carbons (Fsp3) is 0.600. The Kier molecular flexibility index (Phi) is 2.63. The van der Waals surface area contributed by atoms with Gasteiger partial charge in [0.2, 0.25) is 0 Å². The molecule has 1 aromatic rings. The van der Waals surface area contributed by atoms with Crippen molar-refractivity contribution in [2.45, 2.75) is 25.8 Å². The van der Waals surface area contributed by atoms with Crippen LogP contribution in [0.4, 0.5) is 5.82 Å². The highest BCUT2D eigenvalue weighted by atomic mass is 15.0. The summed E-state index contributed by atoms with van der Waals surface area (Å²) in [6.45, 7) is 2.69. The summed E-state index contributed by atoms with van der Waals surface area (Å²) in [4.78, 5) is 8.28. The van der Waals surface area contributed by atoms with Crippen LogP contribution in [0.2, 0.25) is 0 Å². The van der Waals surface area contributed by atoms with E-state index >= 15 is 0 Å². The SMILES string of the molecule is Cc1nccc(NCC(N)C2CC2)n1. The molecule has 0 spiro atoms. The van der Waals surface area contributed by atoms with Gasteiger partial charge in [-0.1, -0.05) is 0 Å². The zero-order valence-electron chi connectivity index (χ0n) is 8.40. The second-order valence-electron chi connectivity index (χ2n) is 3.87. The van der Waals surface area contributed by atoms with Crippen molar-refractivity contribution in [2.75, 3.05) is 11.9 Å². The minimum absolute atomic E-state index is 0.269. The van der Waals surface area contributed by atoms with Crippen LogP contribution in [0.3, 0.4) is 0 Å². The van der Waals surface area contributed by atoms with Gasteiger partial charge >= 0.3 is 0 Å². The Morgan fingerprint density at radius 2 is 2.43 bits per heavy atom.